The lowest BCUT2D eigenvalue weighted by Gasteiger charge is -2.37. The molecule has 0 atom stereocenters. The fourth-order valence-corrected chi connectivity index (χ4v) is 3.04. The summed E-state index contributed by atoms with van der Waals surface area (Å²) in [6.07, 6.45) is 0.887. The van der Waals surface area contributed by atoms with Gasteiger partial charge in [0.25, 0.3) is 0 Å². The van der Waals surface area contributed by atoms with Crippen molar-refractivity contribution in [3.63, 3.8) is 0 Å². The summed E-state index contributed by atoms with van der Waals surface area (Å²) in [4.78, 5) is 32.0. The zero-order valence-corrected chi connectivity index (χ0v) is 14.0. The predicted molar refractivity (Wildman–Crippen MR) is 86.5 cm³/mol. The molecule has 0 saturated carbocycles. The summed E-state index contributed by atoms with van der Waals surface area (Å²) in [6, 6.07) is 4.31. The second-order valence-electron chi connectivity index (χ2n) is 6.08. The van der Waals surface area contributed by atoms with Gasteiger partial charge in [0.1, 0.15) is 0 Å². The first-order valence-corrected chi connectivity index (χ1v) is 8.42. The Morgan fingerprint density at radius 2 is 1.00 bits per heavy atom. The van der Waals surface area contributed by atoms with Crippen molar-refractivity contribution in [1.29, 1.82) is 10.5 Å². The number of rotatable bonds is 4. The van der Waals surface area contributed by atoms with E-state index in [4.69, 9.17) is 10.5 Å². The summed E-state index contributed by atoms with van der Waals surface area (Å²) in [5, 5.41) is 17.6. The summed E-state index contributed by atoms with van der Waals surface area (Å²) < 4.78 is 0. The Labute approximate surface area is 142 Å². The molecule has 3 saturated heterocycles. The molecule has 0 radical (unpaired) electrons. The average molecular weight is 332 g/mol. The largest absolute Gasteiger partial charge is 0.331 e. The predicted octanol–water partition coefficient (Wildman–Crippen LogP) is -0.898. The van der Waals surface area contributed by atoms with Crippen LogP contribution in [-0.4, -0.2) is 96.9 Å². The van der Waals surface area contributed by atoms with E-state index in [1.165, 1.54) is 0 Å². The highest BCUT2D eigenvalue weighted by Crippen LogP contribution is 2.08. The minimum absolute atomic E-state index is 0.425. The third kappa shape index (κ3) is 4.92. The molecular formula is C16H24N6O2. The van der Waals surface area contributed by atoms with Gasteiger partial charge < -0.3 is 9.80 Å². The lowest BCUT2D eigenvalue weighted by molar-refractivity contribution is -0.156. The first-order chi connectivity index (χ1) is 11.7. The van der Waals surface area contributed by atoms with Gasteiger partial charge in [-0.1, -0.05) is 0 Å². The number of carbonyl (C=O) groups is 2. The van der Waals surface area contributed by atoms with Crippen LogP contribution in [-0.2, 0) is 9.59 Å². The fourth-order valence-electron chi connectivity index (χ4n) is 3.04. The lowest BCUT2D eigenvalue weighted by Crippen LogP contribution is -2.57. The Balaban J connectivity index is 2.07. The molecule has 2 amide bonds. The van der Waals surface area contributed by atoms with E-state index in [2.05, 4.69) is 21.9 Å². The molecule has 8 heteroatoms. The van der Waals surface area contributed by atoms with Gasteiger partial charge in [-0.25, -0.2) is 0 Å². The number of amides is 2. The molecule has 8 nitrogen and oxygen atoms in total. The average Bonchev–Trinajstić information content (AvgIpc) is 2.58. The number of nitriles is 2. The van der Waals surface area contributed by atoms with Crippen LogP contribution in [0.1, 0.15) is 12.8 Å². The molecule has 0 aromatic heterocycles. The number of fused-ring (bicyclic) bond motifs is 9. The third-order valence-corrected chi connectivity index (χ3v) is 4.58. The van der Waals surface area contributed by atoms with Crippen LogP contribution in [0.15, 0.2) is 0 Å². The Morgan fingerprint density at radius 1 is 0.667 bits per heavy atom. The van der Waals surface area contributed by atoms with Crippen LogP contribution < -0.4 is 0 Å². The standard InChI is InChI=1S/C16H24N6O2/c17-3-1-5-19-7-8-20(6-2-4-18)10-12-22-14-13-21(11-9-19)15(23)16(22)24/h1-2,5-14H2. The fraction of sp³-hybridized carbons (Fsp3) is 0.750. The summed E-state index contributed by atoms with van der Waals surface area (Å²) >= 11 is 0. The summed E-state index contributed by atoms with van der Waals surface area (Å²) in [6.45, 7) is 6.38. The van der Waals surface area contributed by atoms with Crippen molar-refractivity contribution in [2.45, 2.75) is 12.8 Å². The highest BCUT2D eigenvalue weighted by atomic mass is 16.2. The summed E-state index contributed by atoms with van der Waals surface area (Å²) in [7, 11) is 0. The van der Waals surface area contributed by atoms with Gasteiger partial charge in [0.2, 0.25) is 0 Å². The molecule has 3 aliphatic heterocycles. The Morgan fingerprint density at radius 3 is 1.38 bits per heavy atom. The summed E-state index contributed by atoms with van der Waals surface area (Å²) in [5.74, 6) is -0.851. The molecule has 130 valence electrons. The number of hydrogen-bond acceptors (Lipinski definition) is 6. The minimum Gasteiger partial charge on any atom is -0.331 e. The smallest absolute Gasteiger partial charge is 0.312 e. The Bertz CT molecular complexity index is 490. The molecular weight excluding hydrogens is 308 g/mol. The van der Waals surface area contributed by atoms with Gasteiger partial charge in [-0.3, -0.25) is 19.4 Å². The van der Waals surface area contributed by atoms with E-state index in [1.807, 2.05) is 0 Å². The molecule has 0 N–H and O–H groups in total. The van der Waals surface area contributed by atoms with Gasteiger partial charge in [0.05, 0.1) is 12.1 Å². The molecule has 3 heterocycles. The molecule has 0 aliphatic carbocycles. The van der Waals surface area contributed by atoms with Crippen LogP contribution in [0.4, 0.5) is 0 Å². The Hall–Kier alpha value is -2.16. The lowest BCUT2D eigenvalue weighted by atomic mass is 10.2. The van der Waals surface area contributed by atoms with Gasteiger partial charge in [-0.15, -0.1) is 0 Å². The number of nitrogens with zero attached hydrogens (tertiary/aromatic N) is 6. The van der Waals surface area contributed by atoms with Crippen molar-refractivity contribution in [3.05, 3.63) is 0 Å². The maximum atomic E-state index is 12.2. The van der Waals surface area contributed by atoms with Crippen LogP contribution in [0.3, 0.4) is 0 Å². The highest BCUT2D eigenvalue weighted by molar-refractivity contribution is 6.35. The minimum atomic E-state index is -0.425. The van der Waals surface area contributed by atoms with Crippen LogP contribution in [0, 0.1) is 22.7 Å². The van der Waals surface area contributed by atoms with E-state index in [1.54, 1.807) is 9.80 Å². The number of hydrogen-bond donors (Lipinski definition) is 0. The van der Waals surface area contributed by atoms with Crippen LogP contribution in [0.5, 0.6) is 0 Å². The molecule has 0 aromatic carbocycles. The van der Waals surface area contributed by atoms with E-state index >= 15 is 0 Å². The Kier molecular flexibility index (Phi) is 6.98. The van der Waals surface area contributed by atoms with E-state index in [-0.39, 0.29) is 0 Å². The molecule has 0 unspecified atom stereocenters. The second-order valence-corrected chi connectivity index (χ2v) is 6.08. The molecule has 0 aromatic rings. The van der Waals surface area contributed by atoms with Crippen LogP contribution >= 0.6 is 0 Å². The van der Waals surface area contributed by atoms with E-state index in [9.17, 15) is 9.59 Å². The van der Waals surface area contributed by atoms with Crippen molar-refractivity contribution in [1.82, 2.24) is 19.6 Å². The topological polar surface area (TPSA) is 94.7 Å². The normalized spacial score (nSPS) is 21.1. The van der Waals surface area contributed by atoms with Gasteiger partial charge in [-0.2, -0.15) is 10.5 Å². The van der Waals surface area contributed by atoms with Crippen LogP contribution in [0.25, 0.3) is 0 Å². The first-order valence-electron chi connectivity index (χ1n) is 8.42. The molecule has 2 bridgehead atoms. The van der Waals surface area contributed by atoms with Crippen LogP contribution in [0.2, 0.25) is 0 Å². The van der Waals surface area contributed by atoms with Gasteiger partial charge in [0, 0.05) is 78.3 Å². The summed E-state index contributed by atoms with van der Waals surface area (Å²) in [5.41, 5.74) is 0. The van der Waals surface area contributed by atoms with Gasteiger partial charge >= 0.3 is 11.8 Å². The molecule has 0 spiro atoms. The molecule has 3 aliphatic rings. The molecule has 24 heavy (non-hydrogen) atoms. The monoisotopic (exact) mass is 332 g/mol. The number of piperazine rings is 1. The van der Waals surface area contributed by atoms with Crippen molar-refractivity contribution < 1.29 is 9.59 Å². The second kappa shape index (κ2) is 9.21. The maximum Gasteiger partial charge on any atom is 0.312 e. The van der Waals surface area contributed by atoms with Gasteiger partial charge in [-0.05, 0) is 0 Å². The number of carbonyl (C=O) groups excluding carboxylic acids is 2. The highest BCUT2D eigenvalue weighted by Gasteiger charge is 2.32. The van der Waals surface area contributed by atoms with Crippen molar-refractivity contribution >= 4 is 11.8 Å². The van der Waals surface area contributed by atoms with Crippen molar-refractivity contribution in [2.24, 2.45) is 0 Å². The van der Waals surface area contributed by atoms with Crippen molar-refractivity contribution in [3.8, 4) is 12.1 Å². The van der Waals surface area contributed by atoms with E-state index < -0.39 is 11.8 Å². The van der Waals surface area contributed by atoms with E-state index in [0.29, 0.717) is 65.2 Å². The van der Waals surface area contributed by atoms with Gasteiger partial charge in [0.15, 0.2) is 0 Å². The molecule has 3 rings (SSSR count). The van der Waals surface area contributed by atoms with E-state index in [0.717, 1.165) is 13.1 Å². The quantitative estimate of drug-likeness (QED) is 0.619. The third-order valence-electron chi connectivity index (χ3n) is 4.58. The zero-order chi connectivity index (χ0) is 17.4. The SMILES string of the molecule is N#CCCN1CCN(CCC#N)CCN2CCN(CC1)C(=O)C2=O. The maximum absolute atomic E-state index is 12.2. The first kappa shape index (κ1) is 18.2. The molecule has 3 fully saturated rings. The van der Waals surface area contributed by atoms with Crippen molar-refractivity contribution in [2.75, 3.05) is 65.4 Å². The zero-order valence-electron chi connectivity index (χ0n) is 14.0.